The molecule has 1 rings (SSSR count). The van der Waals surface area contributed by atoms with E-state index in [1.165, 1.54) is 0 Å². The van der Waals surface area contributed by atoms with Crippen LogP contribution in [0.5, 0.6) is 0 Å². The van der Waals surface area contributed by atoms with Gasteiger partial charge in [-0.1, -0.05) is 6.58 Å². The van der Waals surface area contributed by atoms with Crippen molar-refractivity contribution in [3.05, 3.63) is 12.8 Å². The second kappa shape index (κ2) is 3.37. The Labute approximate surface area is 60.3 Å². The molecule has 0 spiro atoms. The summed E-state index contributed by atoms with van der Waals surface area (Å²) >= 11 is 0. The molecule has 1 fully saturated rings. The molecule has 1 atom stereocenters. The molecule has 0 aliphatic carbocycles. The van der Waals surface area contributed by atoms with Gasteiger partial charge in [-0.25, -0.2) is 0 Å². The number of hydrogen-bond donors (Lipinski definition) is 0. The van der Waals surface area contributed by atoms with Crippen LogP contribution in [0.4, 0.5) is 0 Å². The van der Waals surface area contributed by atoms with Crippen molar-refractivity contribution in [1.82, 2.24) is 4.90 Å². The Balaban J connectivity index is 2.49. The summed E-state index contributed by atoms with van der Waals surface area (Å²) in [5.74, 6) is 0. The van der Waals surface area contributed by atoms with E-state index in [9.17, 15) is 4.79 Å². The van der Waals surface area contributed by atoms with E-state index < -0.39 is 0 Å². The minimum absolute atomic E-state index is 0.119. The van der Waals surface area contributed by atoms with E-state index in [0.717, 1.165) is 12.8 Å². The standard InChI is InChI=1S/C7H11NO2/c1-2-8-3-4-10-6-7(8)5-9/h2,5,7H,1,3-4,6H2. The SMILES string of the molecule is C=CN1CCOCC1C=O. The fraction of sp³-hybridized carbons (Fsp3) is 0.571. The first kappa shape index (κ1) is 7.28. The van der Waals surface area contributed by atoms with Gasteiger partial charge in [0.1, 0.15) is 12.3 Å². The molecular weight excluding hydrogens is 130 g/mol. The minimum atomic E-state index is -0.119. The fourth-order valence-corrected chi connectivity index (χ4v) is 0.980. The number of carbonyl (C=O) groups excluding carboxylic acids is 1. The Morgan fingerprint density at radius 3 is 3.00 bits per heavy atom. The van der Waals surface area contributed by atoms with Gasteiger partial charge in [0.15, 0.2) is 0 Å². The quantitative estimate of drug-likeness (QED) is 0.508. The highest BCUT2D eigenvalue weighted by molar-refractivity contribution is 5.58. The van der Waals surface area contributed by atoms with Crippen molar-refractivity contribution in [2.24, 2.45) is 0 Å². The molecular formula is C7H11NO2. The highest BCUT2D eigenvalue weighted by atomic mass is 16.5. The Kier molecular flexibility index (Phi) is 2.45. The summed E-state index contributed by atoms with van der Waals surface area (Å²) < 4.78 is 5.08. The predicted octanol–water partition coefficient (Wildman–Crippen LogP) is 0.0296. The molecule has 1 unspecified atom stereocenters. The molecule has 0 aromatic heterocycles. The largest absolute Gasteiger partial charge is 0.377 e. The zero-order valence-corrected chi connectivity index (χ0v) is 5.82. The maximum absolute atomic E-state index is 10.4. The summed E-state index contributed by atoms with van der Waals surface area (Å²) in [6, 6.07) is -0.119. The van der Waals surface area contributed by atoms with Gasteiger partial charge < -0.3 is 14.4 Å². The molecule has 0 radical (unpaired) electrons. The van der Waals surface area contributed by atoms with Crippen molar-refractivity contribution in [1.29, 1.82) is 0 Å². The molecule has 1 aliphatic rings. The van der Waals surface area contributed by atoms with E-state index in [-0.39, 0.29) is 6.04 Å². The average molecular weight is 141 g/mol. The molecule has 0 amide bonds. The minimum Gasteiger partial charge on any atom is -0.377 e. The Morgan fingerprint density at radius 1 is 1.70 bits per heavy atom. The summed E-state index contributed by atoms with van der Waals surface area (Å²) in [7, 11) is 0. The molecule has 56 valence electrons. The first-order valence-corrected chi connectivity index (χ1v) is 3.30. The van der Waals surface area contributed by atoms with Crippen LogP contribution >= 0.6 is 0 Å². The molecule has 1 saturated heterocycles. The number of rotatable bonds is 2. The van der Waals surface area contributed by atoms with Gasteiger partial charge in [-0.15, -0.1) is 0 Å². The molecule has 1 aliphatic heterocycles. The van der Waals surface area contributed by atoms with Crippen LogP contribution < -0.4 is 0 Å². The van der Waals surface area contributed by atoms with Crippen LogP contribution in [0.1, 0.15) is 0 Å². The second-order valence-corrected chi connectivity index (χ2v) is 2.20. The Hall–Kier alpha value is -0.830. The van der Waals surface area contributed by atoms with E-state index in [0.29, 0.717) is 13.2 Å². The van der Waals surface area contributed by atoms with Crippen LogP contribution in [0.15, 0.2) is 12.8 Å². The molecule has 0 aromatic carbocycles. The molecule has 1 heterocycles. The van der Waals surface area contributed by atoms with Gasteiger partial charge in [0.2, 0.25) is 0 Å². The van der Waals surface area contributed by atoms with Gasteiger partial charge in [0, 0.05) is 6.54 Å². The highest BCUT2D eigenvalue weighted by Crippen LogP contribution is 2.03. The Morgan fingerprint density at radius 2 is 2.50 bits per heavy atom. The fourth-order valence-electron chi connectivity index (χ4n) is 0.980. The molecule has 0 N–H and O–H groups in total. The first-order valence-electron chi connectivity index (χ1n) is 3.30. The lowest BCUT2D eigenvalue weighted by molar-refractivity contribution is -0.116. The first-order chi connectivity index (χ1) is 4.88. The lowest BCUT2D eigenvalue weighted by Gasteiger charge is -2.30. The molecule has 3 heteroatoms. The lowest BCUT2D eigenvalue weighted by atomic mass is 10.3. The van der Waals surface area contributed by atoms with Crippen LogP contribution in [-0.4, -0.2) is 37.0 Å². The number of hydrogen-bond acceptors (Lipinski definition) is 3. The van der Waals surface area contributed by atoms with Crippen molar-refractivity contribution < 1.29 is 9.53 Å². The summed E-state index contributed by atoms with van der Waals surface area (Å²) in [5, 5.41) is 0. The van der Waals surface area contributed by atoms with Gasteiger partial charge in [-0.2, -0.15) is 0 Å². The normalized spacial score (nSPS) is 26.0. The maximum atomic E-state index is 10.4. The van der Waals surface area contributed by atoms with E-state index in [1.54, 1.807) is 6.20 Å². The summed E-state index contributed by atoms with van der Waals surface area (Å²) in [5.41, 5.74) is 0. The Bertz CT molecular complexity index is 120. The molecule has 3 nitrogen and oxygen atoms in total. The topological polar surface area (TPSA) is 29.5 Å². The smallest absolute Gasteiger partial charge is 0.144 e. The molecule has 0 aromatic rings. The number of nitrogens with zero attached hydrogens (tertiary/aromatic N) is 1. The lowest BCUT2D eigenvalue weighted by Crippen LogP contribution is -2.42. The third-order valence-corrected chi connectivity index (χ3v) is 1.60. The van der Waals surface area contributed by atoms with Crippen molar-refractivity contribution in [3.63, 3.8) is 0 Å². The third kappa shape index (κ3) is 1.36. The predicted molar refractivity (Wildman–Crippen MR) is 37.6 cm³/mol. The number of morpholine rings is 1. The van der Waals surface area contributed by atoms with Gasteiger partial charge >= 0.3 is 0 Å². The number of aldehydes is 1. The number of carbonyl (C=O) groups is 1. The van der Waals surface area contributed by atoms with Gasteiger partial charge in [0.05, 0.1) is 13.2 Å². The molecule has 0 bridgehead atoms. The van der Waals surface area contributed by atoms with Crippen LogP contribution in [0.25, 0.3) is 0 Å². The van der Waals surface area contributed by atoms with Gasteiger partial charge in [0.25, 0.3) is 0 Å². The monoisotopic (exact) mass is 141 g/mol. The summed E-state index contributed by atoms with van der Waals surface area (Å²) in [6.45, 7) is 5.55. The van der Waals surface area contributed by atoms with Crippen molar-refractivity contribution >= 4 is 6.29 Å². The van der Waals surface area contributed by atoms with E-state index in [1.807, 2.05) is 4.90 Å². The van der Waals surface area contributed by atoms with E-state index in [4.69, 9.17) is 4.74 Å². The second-order valence-electron chi connectivity index (χ2n) is 2.20. The average Bonchev–Trinajstić information content (AvgIpc) is 2.04. The summed E-state index contributed by atoms with van der Waals surface area (Å²) in [4.78, 5) is 12.2. The van der Waals surface area contributed by atoms with Gasteiger partial charge in [-0.05, 0) is 6.20 Å². The zero-order chi connectivity index (χ0) is 7.40. The zero-order valence-electron chi connectivity index (χ0n) is 5.82. The maximum Gasteiger partial charge on any atom is 0.144 e. The van der Waals surface area contributed by atoms with E-state index >= 15 is 0 Å². The van der Waals surface area contributed by atoms with E-state index in [2.05, 4.69) is 6.58 Å². The molecule has 0 saturated carbocycles. The van der Waals surface area contributed by atoms with Gasteiger partial charge in [-0.3, -0.25) is 0 Å². The number of ether oxygens (including phenoxy) is 1. The van der Waals surface area contributed by atoms with Crippen molar-refractivity contribution in [2.45, 2.75) is 6.04 Å². The van der Waals surface area contributed by atoms with Crippen LogP contribution in [0.3, 0.4) is 0 Å². The van der Waals surface area contributed by atoms with Crippen molar-refractivity contribution in [3.8, 4) is 0 Å². The highest BCUT2D eigenvalue weighted by Gasteiger charge is 2.17. The third-order valence-electron chi connectivity index (χ3n) is 1.60. The summed E-state index contributed by atoms with van der Waals surface area (Å²) in [6.07, 6.45) is 2.57. The van der Waals surface area contributed by atoms with Crippen LogP contribution in [0, 0.1) is 0 Å². The van der Waals surface area contributed by atoms with Crippen LogP contribution in [-0.2, 0) is 9.53 Å². The molecule has 10 heavy (non-hydrogen) atoms. The van der Waals surface area contributed by atoms with Crippen molar-refractivity contribution in [2.75, 3.05) is 19.8 Å². The van der Waals surface area contributed by atoms with Crippen LogP contribution in [0.2, 0.25) is 0 Å².